The number of rotatable bonds is 6. The van der Waals surface area contributed by atoms with Gasteiger partial charge in [-0.3, -0.25) is 14.8 Å². The number of aliphatic imine (C=N–C) groups is 1. The van der Waals surface area contributed by atoms with Gasteiger partial charge in [0.25, 0.3) is 0 Å². The van der Waals surface area contributed by atoms with Gasteiger partial charge in [-0.15, -0.1) is 0 Å². The van der Waals surface area contributed by atoms with Crippen LogP contribution in [0.2, 0.25) is 5.15 Å². The largest absolute Gasteiger partial charge is 0.404 e. The van der Waals surface area contributed by atoms with Crippen LogP contribution < -0.4 is 5.73 Å². The second-order valence-electron chi connectivity index (χ2n) is 6.77. The van der Waals surface area contributed by atoms with Crippen molar-refractivity contribution in [2.75, 3.05) is 33.4 Å². The van der Waals surface area contributed by atoms with Gasteiger partial charge in [-0.1, -0.05) is 11.6 Å². The fourth-order valence-corrected chi connectivity index (χ4v) is 3.39. The second kappa shape index (κ2) is 9.61. The Kier molecular flexibility index (Phi) is 6.95. The van der Waals surface area contributed by atoms with Crippen LogP contribution in [-0.2, 0) is 9.53 Å². The number of nitrogens with zero attached hydrogens (tertiary/aromatic N) is 4. The number of allylic oxidation sites excluding steroid dienone is 1. The SMILES string of the molecule is COCC(=O)N1CCC(CN=CC(=CN)c2cnc3ccc(Cl)nc3c2)CC1. The molecule has 1 saturated heterocycles. The Labute approximate surface area is 169 Å². The maximum Gasteiger partial charge on any atom is 0.248 e. The number of hydrogen-bond acceptors (Lipinski definition) is 6. The first-order chi connectivity index (χ1) is 13.6. The molecular formula is C20H24ClN5O2. The lowest BCUT2D eigenvalue weighted by Gasteiger charge is -2.31. The molecule has 0 saturated carbocycles. The average Bonchev–Trinajstić information content (AvgIpc) is 2.71. The summed E-state index contributed by atoms with van der Waals surface area (Å²) in [6.45, 7) is 2.36. The summed E-state index contributed by atoms with van der Waals surface area (Å²) in [6, 6.07) is 5.45. The van der Waals surface area contributed by atoms with Crippen molar-refractivity contribution in [1.82, 2.24) is 14.9 Å². The monoisotopic (exact) mass is 401 g/mol. The predicted octanol–water partition coefficient (Wildman–Crippen LogP) is 2.54. The van der Waals surface area contributed by atoms with Crippen molar-refractivity contribution in [3.05, 3.63) is 41.3 Å². The minimum atomic E-state index is 0.0512. The van der Waals surface area contributed by atoms with Crippen molar-refractivity contribution in [3.63, 3.8) is 0 Å². The normalized spacial score (nSPS) is 16.2. The maximum absolute atomic E-state index is 11.8. The van der Waals surface area contributed by atoms with Gasteiger partial charge in [-0.05, 0) is 37.0 Å². The molecule has 0 aromatic carbocycles. The summed E-state index contributed by atoms with van der Waals surface area (Å²) in [5.41, 5.74) is 8.91. The van der Waals surface area contributed by atoms with E-state index in [9.17, 15) is 4.79 Å². The zero-order chi connectivity index (χ0) is 19.9. The van der Waals surface area contributed by atoms with Crippen molar-refractivity contribution in [3.8, 4) is 0 Å². The molecule has 148 valence electrons. The topological polar surface area (TPSA) is 93.7 Å². The maximum atomic E-state index is 11.8. The number of nitrogens with two attached hydrogens (primary N) is 1. The zero-order valence-corrected chi connectivity index (χ0v) is 16.6. The fourth-order valence-electron chi connectivity index (χ4n) is 3.23. The Bertz CT molecular complexity index is 891. The lowest BCUT2D eigenvalue weighted by atomic mass is 9.97. The third-order valence-corrected chi connectivity index (χ3v) is 5.06. The van der Waals surface area contributed by atoms with E-state index in [0.29, 0.717) is 23.1 Å². The van der Waals surface area contributed by atoms with E-state index in [1.54, 1.807) is 18.5 Å². The molecule has 8 heteroatoms. The average molecular weight is 402 g/mol. The number of likely N-dealkylation sites (tertiary alicyclic amines) is 1. The highest BCUT2D eigenvalue weighted by molar-refractivity contribution is 6.29. The van der Waals surface area contributed by atoms with Gasteiger partial charge in [0.05, 0.1) is 11.0 Å². The van der Waals surface area contributed by atoms with Crippen molar-refractivity contribution in [2.45, 2.75) is 12.8 Å². The third kappa shape index (κ3) is 5.05. The lowest BCUT2D eigenvalue weighted by molar-refractivity contribution is -0.136. The van der Waals surface area contributed by atoms with Gasteiger partial charge >= 0.3 is 0 Å². The summed E-state index contributed by atoms with van der Waals surface area (Å²) in [5, 5.41) is 0.425. The second-order valence-corrected chi connectivity index (χ2v) is 7.16. The summed E-state index contributed by atoms with van der Waals surface area (Å²) in [7, 11) is 1.54. The minimum Gasteiger partial charge on any atom is -0.404 e. The summed E-state index contributed by atoms with van der Waals surface area (Å²) in [6.07, 6.45) is 6.92. The first-order valence-electron chi connectivity index (χ1n) is 9.22. The Morgan fingerprint density at radius 1 is 1.39 bits per heavy atom. The minimum absolute atomic E-state index is 0.0512. The molecular weight excluding hydrogens is 378 g/mol. The van der Waals surface area contributed by atoms with Gasteiger partial charge in [0.15, 0.2) is 0 Å². The van der Waals surface area contributed by atoms with Crippen molar-refractivity contribution >= 4 is 40.3 Å². The number of carbonyl (C=O) groups excluding carboxylic acids is 1. The van der Waals surface area contributed by atoms with Crippen LogP contribution in [0.3, 0.4) is 0 Å². The van der Waals surface area contributed by atoms with E-state index in [-0.39, 0.29) is 12.5 Å². The van der Waals surface area contributed by atoms with Crippen LogP contribution in [0.25, 0.3) is 16.6 Å². The molecule has 0 aliphatic carbocycles. The standard InChI is InChI=1S/C20H24ClN5O2/c1-28-13-20(27)26-6-4-14(5-7-26)10-23-11-16(9-22)15-8-18-17(24-12-15)2-3-19(21)25-18/h2-3,8-9,11-12,14H,4-7,10,13,22H2,1H3. The van der Waals surface area contributed by atoms with Crippen LogP contribution in [-0.4, -0.2) is 60.3 Å². The van der Waals surface area contributed by atoms with Crippen LogP contribution >= 0.6 is 11.6 Å². The van der Waals surface area contributed by atoms with Gasteiger partial charge in [-0.25, -0.2) is 4.98 Å². The van der Waals surface area contributed by atoms with Crippen LogP contribution in [0, 0.1) is 5.92 Å². The smallest absolute Gasteiger partial charge is 0.248 e. The van der Waals surface area contributed by atoms with E-state index in [1.165, 1.54) is 13.3 Å². The molecule has 0 radical (unpaired) electrons. The number of piperidine rings is 1. The molecule has 0 atom stereocenters. The quantitative estimate of drug-likeness (QED) is 0.593. The van der Waals surface area contributed by atoms with E-state index in [4.69, 9.17) is 22.1 Å². The third-order valence-electron chi connectivity index (χ3n) is 4.85. The number of amides is 1. The molecule has 2 N–H and O–H groups in total. The summed E-state index contributed by atoms with van der Waals surface area (Å²) >= 11 is 5.97. The lowest BCUT2D eigenvalue weighted by Crippen LogP contribution is -2.40. The highest BCUT2D eigenvalue weighted by Crippen LogP contribution is 2.20. The number of pyridine rings is 2. The molecule has 0 unspecified atom stereocenters. The van der Waals surface area contributed by atoms with Crippen LogP contribution in [0.15, 0.2) is 35.6 Å². The molecule has 1 aliphatic heterocycles. The Balaban J connectivity index is 1.58. The zero-order valence-electron chi connectivity index (χ0n) is 15.8. The Morgan fingerprint density at radius 2 is 2.18 bits per heavy atom. The molecule has 1 aliphatic rings. The predicted molar refractivity (Wildman–Crippen MR) is 111 cm³/mol. The fraction of sp³-hybridized carbons (Fsp3) is 0.400. The molecule has 3 heterocycles. The number of aromatic nitrogens is 2. The van der Waals surface area contributed by atoms with Gasteiger partial charge in [0.1, 0.15) is 11.8 Å². The molecule has 28 heavy (non-hydrogen) atoms. The highest BCUT2D eigenvalue weighted by atomic mass is 35.5. The van der Waals surface area contributed by atoms with Gasteiger partial charge in [-0.2, -0.15) is 0 Å². The number of fused-ring (bicyclic) bond motifs is 1. The van der Waals surface area contributed by atoms with E-state index < -0.39 is 0 Å². The molecule has 1 amide bonds. The van der Waals surface area contributed by atoms with Gasteiger partial charge < -0.3 is 15.4 Å². The summed E-state index contributed by atoms with van der Waals surface area (Å²) in [5.74, 6) is 0.507. The van der Waals surface area contributed by atoms with E-state index >= 15 is 0 Å². The number of carbonyl (C=O) groups is 1. The van der Waals surface area contributed by atoms with Gasteiger partial charge in [0, 0.05) is 56.5 Å². The molecule has 2 aromatic rings. The van der Waals surface area contributed by atoms with Crippen LogP contribution in [0.4, 0.5) is 0 Å². The molecule has 1 fully saturated rings. The molecule has 3 rings (SSSR count). The number of ether oxygens (including phenoxy) is 1. The molecule has 0 bridgehead atoms. The van der Waals surface area contributed by atoms with Crippen molar-refractivity contribution in [1.29, 1.82) is 0 Å². The summed E-state index contributed by atoms with van der Waals surface area (Å²) in [4.78, 5) is 27.0. The molecule has 7 nitrogen and oxygen atoms in total. The highest BCUT2D eigenvalue weighted by Gasteiger charge is 2.22. The number of hydrogen-bond donors (Lipinski definition) is 1. The number of methoxy groups -OCH3 is 1. The van der Waals surface area contributed by atoms with E-state index in [2.05, 4.69) is 15.0 Å². The Hall–Kier alpha value is -2.51. The first-order valence-corrected chi connectivity index (χ1v) is 9.59. The Morgan fingerprint density at radius 3 is 2.89 bits per heavy atom. The first kappa shape index (κ1) is 20.2. The molecule has 0 spiro atoms. The van der Waals surface area contributed by atoms with Crippen LogP contribution in [0.5, 0.6) is 0 Å². The van der Waals surface area contributed by atoms with E-state index in [0.717, 1.165) is 42.6 Å². The van der Waals surface area contributed by atoms with Crippen LogP contribution in [0.1, 0.15) is 18.4 Å². The number of halogens is 1. The van der Waals surface area contributed by atoms with E-state index in [1.807, 2.05) is 17.0 Å². The van der Waals surface area contributed by atoms with Crippen molar-refractivity contribution < 1.29 is 9.53 Å². The molecule has 2 aromatic heterocycles. The van der Waals surface area contributed by atoms with Crippen molar-refractivity contribution in [2.24, 2.45) is 16.6 Å². The van der Waals surface area contributed by atoms with Gasteiger partial charge in [0.2, 0.25) is 5.91 Å². The summed E-state index contributed by atoms with van der Waals surface area (Å²) < 4.78 is 4.91.